The first-order valence-electron chi connectivity index (χ1n) is 8.09. The van der Waals surface area contributed by atoms with Crippen LogP contribution in [0.25, 0.3) is 5.65 Å². The lowest BCUT2D eigenvalue weighted by Gasteiger charge is -2.33. The summed E-state index contributed by atoms with van der Waals surface area (Å²) in [6.45, 7) is 3.94. The predicted octanol–water partition coefficient (Wildman–Crippen LogP) is 2.77. The molecule has 0 bridgehead atoms. The Morgan fingerprint density at radius 1 is 1.46 bits per heavy atom. The number of fused-ring (bicyclic) bond motifs is 1. The molecule has 130 valence electrons. The number of rotatable bonds is 4. The Bertz CT molecular complexity index is 749. The van der Waals surface area contributed by atoms with Crippen molar-refractivity contribution in [2.24, 2.45) is 0 Å². The molecular formula is C16H21BrN4O3. The number of carbonyl (C=O) groups excluding carboxylic acids is 1. The van der Waals surface area contributed by atoms with Crippen LogP contribution in [0.4, 0.5) is 5.82 Å². The smallest absolute Gasteiger partial charge is 0.358 e. The normalized spacial score (nSPS) is 24.1. The minimum absolute atomic E-state index is 0.221. The van der Waals surface area contributed by atoms with Gasteiger partial charge in [-0.25, -0.2) is 14.8 Å². The summed E-state index contributed by atoms with van der Waals surface area (Å²) in [6, 6.07) is 0.221. The van der Waals surface area contributed by atoms with Crippen LogP contribution >= 0.6 is 15.9 Å². The molecule has 1 aliphatic carbocycles. The molecule has 2 aromatic heterocycles. The maximum Gasteiger partial charge on any atom is 0.358 e. The van der Waals surface area contributed by atoms with Gasteiger partial charge in [0.25, 0.3) is 0 Å². The maximum absolute atomic E-state index is 11.9. The fourth-order valence-electron chi connectivity index (χ4n) is 2.95. The predicted molar refractivity (Wildman–Crippen MR) is 93.1 cm³/mol. The largest absolute Gasteiger partial charge is 0.461 e. The van der Waals surface area contributed by atoms with Crippen LogP contribution in [0.2, 0.25) is 0 Å². The second kappa shape index (κ2) is 6.68. The minimum Gasteiger partial charge on any atom is -0.461 e. The van der Waals surface area contributed by atoms with Crippen molar-refractivity contribution in [1.82, 2.24) is 14.4 Å². The molecule has 1 saturated carbocycles. The van der Waals surface area contributed by atoms with Crippen LogP contribution in [-0.4, -0.2) is 43.7 Å². The van der Waals surface area contributed by atoms with E-state index in [9.17, 15) is 9.90 Å². The monoisotopic (exact) mass is 396 g/mol. The third-order valence-electron chi connectivity index (χ3n) is 4.30. The molecule has 8 heteroatoms. The van der Waals surface area contributed by atoms with Gasteiger partial charge in [-0.3, -0.25) is 0 Å². The minimum atomic E-state index is -0.581. The molecule has 1 fully saturated rings. The Kier molecular flexibility index (Phi) is 4.78. The van der Waals surface area contributed by atoms with Gasteiger partial charge in [0, 0.05) is 18.4 Å². The zero-order valence-corrected chi connectivity index (χ0v) is 15.3. The van der Waals surface area contributed by atoms with E-state index in [1.54, 1.807) is 23.7 Å². The molecule has 3 rings (SSSR count). The molecule has 2 aromatic rings. The Hall–Kier alpha value is -1.67. The first-order valence-corrected chi connectivity index (χ1v) is 8.88. The molecule has 0 aliphatic heterocycles. The fraction of sp³-hybridized carbons (Fsp3) is 0.562. The van der Waals surface area contributed by atoms with E-state index in [1.807, 2.05) is 6.92 Å². The Balaban J connectivity index is 1.86. The lowest BCUT2D eigenvalue weighted by atomic mass is 9.84. The Labute approximate surface area is 148 Å². The average Bonchev–Trinajstić information content (AvgIpc) is 2.94. The molecule has 0 aromatic carbocycles. The first-order chi connectivity index (χ1) is 11.4. The number of imidazole rings is 1. The summed E-state index contributed by atoms with van der Waals surface area (Å²) in [5, 5.41) is 13.5. The number of hydrogen-bond acceptors (Lipinski definition) is 6. The van der Waals surface area contributed by atoms with Crippen LogP contribution in [0, 0.1) is 0 Å². The molecule has 0 radical (unpaired) electrons. The summed E-state index contributed by atoms with van der Waals surface area (Å²) in [5.74, 6) is 0.170. The highest BCUT2D eigenvalue weighted by Crippen LogP contribution is 2.30. The van der Waals surface area contributed by atoms with Gasteiger partial charge in [-0.2, -0.15) is 0 Å². The molecule has 24 heavy (non-hydrogen) atoms. The SMILES string of the molecule is CCOC(=O)c1cn2cc(Br)nc(NC3CCC(C)(O)CC3)c2n1. The van der Waals surface area contributed by atoms with E-state index in [-0.39, 0.29) is 11.7 Å². The number of carbonyl (C=O) groups is 1. The van der Waals surface area contributed by atoms with Crippen LogP contribution in [0.1, 0.15) is 50.0 Å². The van der Waals surface area contributed by atoms with Gasteiger partial charge in [0.2, 0.25) is 0 Å². The van der Waals surface area contributed by atoms with Crippen molar-refractivity contribution < 1.29 is 14.6 Å². The second-order valence-electron chi connectivity index (χ2n) is 6.41. The zero-order chi connectivity index (χ0) is 17.3. The molecule has 0 amide bonds. The summed E-state index contributed by atoms with van der Waals surface area (Å²) in [4.78, 5) is 20.7. The lowest BCUT2D eigenvalue weighted by molar-refractivity contribution is 0.0196. The molecule has 1 aliphatic rings. The molecule has 0 saturated heterocycles. The number of nitrogens with one attached hydrogen (secondary N) is 1. The van der Waals surface area contributed by atoms with Gasteiger partial charge in [0.1, 0.15) is 4.60 Å². The molecular weight excluding hydrogens is 376 g/mol. The van der Waals surface area contributed by atoms with E-state index >= 15 is 0 Å². The van der Waals surface area contributed by atoms with Crippen LogP contribution in [-0.2, 0) is 4.74 Å². The number of aromatic nitrogens is 3. The summed E-state index contributed by atoms with van der Waals surface area (Å²) in [5.41, 5.74) is 0.257. The number of anilines is 1. The van der Waals surface area contributed by atoms with Crippen molar-refractivity contribution in [3.8, 4) is 0 Å². The second-order valence-corrected chi connectivity index (χ2v) is 7.22. The number of hydrogen-bond donors (Lipinski definition) is 2. The van der Waals surface area contributed by atoms with Crippen molar-refractivity contribution >= 4 is 33.4 Å². The van der Waals surface area contributed by atoms with Gasteiger partial charge < -0.3 is 19.6 Å². The van der Waals surface area contributed by atoms with E-state index in [1.165, 1.54) is 0 Å². The summed E-state index contributed by atoms with van der Waals surface area (Å²) >= 11 is 3.39. The highest BCUT2D eigenvalue weighted by atomic mass is 79.9. The lowest BCUT2D eigenvalue weighted by Crippen LogP contribution is -2.36. The summed E-state index contributed by atoms with van der Waals surface area (Å²) in [7, 11) is 0. The zero-order valence-electron chi connectivity index (χ0n) is 13.8. The van der Waals surface area contributed by atoms with E-state index in [2.05, 4.69) is 31.2 Å². The van der Waals surface area contributed by atoms with Crippen molar-refractivity contribution in [3.63, 3.8) is 0 Å². The topological polar surface area (TPSA) is 88.8 Å². The van der Waals surface area contributed by atoms with E-state index in [0.29, 0.717) is 22.7 Å². The van der Waals surface area contributed by atoms with Gasteiger partial charge in [0.05, 0.1) is 12.2 Å². The molecule has 7 nitrogen and oxygen atoms in total. The van der Waals surface area contributed by atoms with E-state index in [0.717, 1.165) is 25.7 Å². The molecule has 0 spiro atoms. The Morgan fingerprint density at radius 2 is 2.17 bits per heavy atom. The molecule has 0 atom stereocenters. The average molecular weight is 397 g/mol. The van der Waals surface area contributed by atoms with Crippen molar-refractivity contribution in [2.45, 2.75) is 51.2 Å². The van der Waals surface area contributed by atoms with Crippen LogP contribution < -0.4 is 5.32 Å². The standard InChI is InChI=1S/C16H21BrN4O3/c1-3-24-15(22)11-8-21-9-12(17)20-13(14(21)19-11)18-10-4-6-16(2,23)7-5-10/h8-10,23H,3-7H2,1-2H3,(H,18,20). The summed E-state index contributed by atoms with van der Waals surface area (Å²) in [6.07, 6.45) is 6.60. The number of halogens is 1. The van der Waals surface area contributed by atoms with Crippen LogP contribution in [0.5, 0.6) is 0 Å². The highest BCUT2D eigenvalue weighted by Gasteiger charge is 2.29. The van der Waals surface area contributed by atoms with Crippen molar-refractivity contribution in [3.05, 3.63) is 22.7 Å². The molecule has 2 heterocycles. The fourth-order valence-corrected chi connectivity index (χ4v) is 3.34. The third kappa shape index (κ3) is 3.70. The van der Waals surface area contributed by atoms with E-state index < -0.39 is 11.6 Å². The number of aliphatic hydroxyl groups is 1. The van der Waals surface area contributed by atoms with Gasteiger partial charge in [0.15, 0.2) is 17.2 Å². The van der Waals surface area contributed by atoms with Crippen LogP contribution in [0.15, 0.2) is 17.0 Å². The van der Waals surface area contributed by atoms with Gasteiger partial charge in [-0.1, -0.05) is 0 Å². The van der Waals surface area contributed by atoms with E-state index in [4.69, 9.17) is 4.74 Å². The maximum atomic E-state index is 11.9. The first kappa shape index (κ1) is 17.2. The number of esters is 1. The third-order valence-corrected chi connectivity index (χ3v) is 4.68. The highest BCUT2D eigenvalue weighted by molar-refractivity contribution is 9.10. The van der Waals surface area contributed by atoms with Crippen molar-refractivity contribution in [2.75, 3.05) is 11.9 Å². The van der Waals surface area contributed by atoms with Gasteiger partial charge in [-0.05, 0) is 55.5 Å². The summed E-state index contributed by atoms with van der Waals surface area (Å²) < 4.78 is 7.41. The number of nitrogens with zero attached hydrogens (tertiary/aromatic N) is 3. The quantitative estimate of drug-likeness (QED) is 0.772. The van der Waals surface area contributed by atoms with Gasteiger partial charge in [-0.15, -0.1) is 0 Å². The van der Waals surface area contributed by atoms with Crippen LogP contribution in [0.3, 0.4) is 0 Å². The Morgan fingerprint density at radius 3 is 2.83 bits per heavy atom. The molecule has 0 unspecified atom stereocenters. The molecule has 2 N–H and O–H groups in total. The van der Waals surface area contributed by atoms with Gasteiger partial charge >= 0.3 is 5.97 Å². The number of ether oxygens (including phenoxy) is 1. The van der Waals surface area contributed by atoms with Crippen molar-refractivity contribution in [1.29, 1.82) is 0 Å².